The van der Waals surface area contributed by atoms with E-state index in [0.29, 0.717) is 6.61 Å². The Morgan fingerprint density at radius 1 is 1.45 bits per heavy atom. The van der Waals surface area contributed by atoms with Crippen LogP contribution in [0.15, 0.2) is 9.95 Å². The van der Waals surface area contributed by atoms with Gasteiger partial charge in [0.05, 0.1) is 17.6 Å². The third-order valence-electron chi connectivity index (χ3n) is 4.31. The lowest BCUT2D eigenvalue weighted by Crippen LogP contribution is -2.34. The van der Waals surface area contributed by atoms with Crippen molar-refractivity contribution in [2.75, 3.05) is 5.75 Å². The van der Waals surface area contributed by atoms with Gasteiger partial charge in [-0.2, -0.15) is 0 Å². The van der Waals surface area contributed by atoms with E-state index in [1.807, 2.05) is 0 Å². The molecule has 22 heavy (non-hydrogen) atoms. The lowest BCUT2D eigenvalue weighted by atomic mass is 9.90. The van der Waals surface area contributed by atoms with Crippen molar-refractivity contribution in [3.05, 3.63) is 20.8 Å². The lowest BCUT2D eigenvalue weighted by molar-refractivity contribution is -0.0543. The highest BCUT2D eigenvalue weighted by molar-refractivity contribution is 7.99. The zero-order chi connectivity index (χ0) is 15.7. The molecule has 0 fully saturated rings. The average Bonchev–Trinajstić information content (AvgIpc) is 2.85. The maximum absolute atomic E-state index is 12.5. The molecule has 1 aliphatic heterocycles. The minimum atomic E-state index is -0.165. The monoisotopic (exact) mass is 338 g/mol. The number of nitrogens with zero attached hydrogens (tertiary/aromatic N) is 1. The summed E-state index contributed by atoms with van der Waals surface area (Å²) in [6.45, 7) is 7.01. The number of aromatic nitrogens is 2. The molecule has 0 aromatic carbocycles. The molecule has 2 aromatic heterocycles. The SMILES string of the molecule is CCCCSc1nc2sc3c(c2c(=O)[nH]1)C[C@@](C)(CC)OC3. The van der Waals surface area contributed by atoms with Crippen molar-refractivity contribution in [3.63, 3.8) is 0 Å². The number of H-pyrrole nitrogens is 1. The van der Waals surface area contributed by atoms with Gasteiger partial charge in [0.15, 0.2) is 5.16 Å². The van der Waals surface area contributed by atoms with E-state index in [1.165, 1.54) is 0 Å². The van der Waals surface area contributed by atoms with Crippen molar-refractivity contribution >= 4 is 33.3 Å². The standard InChI is InChI=1S/C16H22N2O2S2/c1-4-6-7-21-15-17-13(19)12-10-8-16(3,5-2)20-9-11(10)22-14(12)18-15/h4-9H2,1-3H3,(H,17,18,19)/t16-/m1/s1. The minimum Gasteiger partial charge on any atom is -0.369 e. The highest BCUT2D eigenvalue weighted by Gasteiger charge is 2.32. The number of thioether (sulfide) groups is 1. The van der Waals surface area contributed by atoms with Gasteiger partial charge < -0.3 is 9.72 Å². The zero-order valence-corrected chi connectivity index (χ0v) is 15.0. The summed E-state index contributed by atoms with van der Waals surface area (Å²) in [4.78, 5) is 22.2. The van der Waals surface area contributed by atoms with E-state index < -0.39 is 0 Å². The maximum Gasteiger partial charge on any atom is 0.260 e. The number of hydrogen-bond acceptors (Lipinski definition) is 5. The molecule has 0 amide bonds. The quantitative estimate of drug-likeness (QED) is 0.506. The fourth-order valence-electron chi connectivity index (χ4n) is 2.67. The molecule has 3 rings (SSSR count). The normalized spacial score (nSPS) is 21.2. The summed E-state index contributed by atoms with van der Waals surface area (Å²) in [6.07, 6.45) is 4.03. The topological polar surface area (TPSA) is 55.0 Å². The molecule has 2 aromatic rings. The molecule has 1 atom stereocenters. The van der Waals surface area contributed by atoms with E-state index >= 15 is 0 Å². The Bertz CT molecular complexity index is 738. The third kappa shape index (κ3) is 2.96. The van der Waals surface area contributed by atoms with Crippen LogP contribution >= 0.6 is 23.1 Å². The molecule has 0 aliphatic carbocycles. The summed E-state index contributed by atoms with van der Waals surface area (Å²) in [5.74, 6) is 0.993. The van der Waals surface area contributed by atoms with Crippen molar-refractivity contribution in [2.24, 2.45) is 0 Å². The number of hydrogen-bond donors (Lipinski definition) is 1. The van der Waals surface area contributed by atoms with E-state index in [2.05, 4.69) is 30.7 Å². The van der Waals surface area contributed by atoms with Crippen LogP contribution in [0, 0.1) is 0 Å². The number of thiophene rings is 1. The fraction of sp³-hybridized carbons (Fsp3) is 0.625. The summed E-state index contributed by atoms with van der Waals surface area (Å²) < 4.78 is 5.99. The van der Waals surface area contributed by atoms with Gasteiger partial charge in [-0.1, -0.05) is 32.0 Å². The molecule has 4 nitrogen and oxygen atoms in total. The number of rotatable bonds is 5. The zero-order valence-electron chi connectivity index (χ0n) is 13.3. The van der Waals surface area contributed by atoms with Crippen LogP contribution in [0.5, 0.6) is 0 Å². The smallest absolute Gasteiger partial charge is 0.260 e. The number of nitrogens with one attached hydrogen (secondary N) is 1. The Hall–Kier alpha value is -0.850. The molecule has 0 saturated carbocycles. The fourth-order valence-corrected chi connectivity index (χ4v) is 4.78. The van der Waals surface area contributed by atoms with Crippen LogP contribution in [-0.4, -0.2) is 21.3 Å². The first-order chi connectivity index (χ1) is 10.6. The van der Waals surface area contributed by atoms with Crippen LogP contribution in [0.1, 0.15) is 50.5 Å². The Kier molecular flexibility index (Phi) is 4.61. The molecule has 0 saturated heterocycles. The Labute approximate surface area is 138 Å². The molecule has 1 N–H and O–H groups in total. The molecule has 0 spiro atoms. The van der Waals surface area contributed by atoms with E-state index in [0.717, 1.165) is 57.2 Å². The van der Waals surface area contributed by atoms with Gasteiger partial charge in [-0.15, -0.1) is 11.3 Å². The highest BCUT2D eigenvalue weighted by Crippen LogP contribution is 2.38. The molecule has 0 unspecified atom stereocenters. The van der Waals surface area contributed by atoms with Crippen molar-refractivity contribution in [2.45, 2.75) is 63.8 Å². The van der Waals surface area contributed by atoms with Crippen molar-refractivity contribution in [1.29, 1.82) is 0 Å². The third-order valence-corrected chi connectivity index (χ3v) is 6.37. The van der Waals surface area contributed by atoms with Gasteiger partial charge in [-0.3, -0.25) is 4.79 Å². The molecule has 120 valence electrons. The van der Waals surface area contributed by atoms with Crippen molar-refractivity contribution < 1.29 is 4.74 Å². The molecular formula is C16H22N2O2S2. The minimum absolute atomic E-state index is 0.00171. The van der Waals surface area contributed by atoms with Crippen LogP contribution in [0.25, 0.3) is 10.2 Å². The van der Waals surface area contributed by atoms with Crippen LogP contribution in [0.4, 0.5) is 0 Å². The second kappa shape index (κ2) is 6.34. The van der Waals surface area contributed by atoms with Gasteiger partial charge in [0.25, 0.3) is 5.56 Å². The van der Waals surface area contributed by atoms with Gasteiger partial charge in [0, 0.05) is 17.1 Å². The van der Waals surface area contributed by atoms with Crippen LogP contribution < -0.4 is 5.56 Å². The number of fused-ring (bicyclic) bond motifs is 3. The molecule has 0 radical (unpaired) electrons. The van der Waals surface area contributed by atoms with E-state index in [9.17, 15) is 4.79 Å². The summed E-state index contributed by atoms with van der Waals surface area (Å²) in [7, 11) is 0. The Morgan fingerprint density at radius 2 is 2.27 bits per heavy atom. The Balaban J connectivity index is 1.99. The molecule has 1 aliphatic rings. The van der Waals surface area contributed by atoms with E-state index in [-0.39, 0.29) is 11.2 Å². The second-order valence-corrected chi connectivity index (χ2v) is 8.19. The van der Waals surface area contributed by atoms with Crippen LogP contribution in [0.2, 0.25) is 0 Å². The van der Waals surface area contributed by atoms with Crippen LogP contribution in [-0.2, 0) is 17.8 Å². The van der Waals surface area contributed by atoms with E-state index in [4.69, 9.17) is 4.74 Å². The van der Waals surface area contributed by atoms with Gasteiger partial charge in [-0.05, 0) is 25.3 Å². The predicted octanol–water partition coefficient (Wildman–Crippen LogP) is 4.12. The van der Waals surface area contributed by atoms with E-state index in [1.54, 1.807) is 23.1 Å². The predicted molar refractivity (Wildman–Crippen MR) is 93.1 cm³/mol. The average molecular weight is 338 g/mol. The summed E-state index contributed by atoms with van der Waals surface area (Å²) in [5.41, 5.74) is 0.985. The van der Waals surface area contributed by atoms with Gasteiger partial charge in [-0.25, -0.2) is 4.98 Å². The van der Waals surface area contributed by atoms with Crippen molar-refractivity contribution in [3.8, 4) is 0 Å². The van der Waals surface area contributed by atoms with Gasteiger partial charge in [0.1, 0.15) is 4.83 Å². The van der Waals surface area contributed by atoms with Gasteiger partial charge in [0.2, 0.25) is 0 Å². The first-order valence-electron chi connectivity index (χ1n) is 7.87. The maximum atomic E-state index is 12.5. The number of aromatic amines is 1. The number of unbranched alkanes of at least 4 members (excludes halogenated alkanes) is 1. The lowest BCUT2D eigenvalue weighted by Gasteiger charge is -2.32. The van der Waals surface area contributed by atoms with Crippen LogP contribution in [0.3, 0.4) is 0 Å². The molecule has 3 heterocycles. The largest absolute Gasteiger partial charge is 0.369 e. The Morgan fingerprint density at radius 3 is 3.00 bits per heavy atom. The summed E-state index contributed by atoms with van der Waals surface area (Å²) in [6, 6.07) is 0. The second-order valence-electron chi connectivity index (χ2n) is 6.03. The summed E-state index contributed by atoms with van der Waals surface area (Å²) in [5, 5.41) is 1.52. The first-order valence-corrected chi connectivity index (χ1v) is 9.68. The molecular weight excluding hydrogens is 316 g/mol. The number of ether oxygens (including phenoxy) is 1. The molecule has 6 heteroatoms. The highest BCUT2D eigenvalue weighted by atomic mass is 32.2. The van der Waals surface area contributed by atoms with Gasteiger partial charge >= 0.3 is 0 Å². The first kappa shape index (κ1) is 16.0. The molecule has 0 bridgehead atoms. The van der Waals surface area contributed by atoms with Crippen molar-refractivity contribution in [1.82, 2.24) is 9.97 Å². The summed E-state index contributed by atoms with van der Waals surface area (Å²) >= 11 is 3.24.